The number of hydrogen-bond acceptors (Lipinski definition) is 6. The summed E-state index contributed by atoms with van der Waals surface area (Å²) in [7, 11) is 0. The molecular formula is C7H8ClN5O3. The molecule has 1 unspecified atom stereocenters. The van der Waals surface area contributed by atoms with Crippen LogP contribution in [-0.2, 0) is 4.79 Å². The number of primary amides is 1. The smallest absolute Gasteiger partial charge is 0.348 e. The molecule has 0 saturated carbocycles. The minimum Gasteiger partial charge on any atom is -0.368 e. The van der Waals surface area contributed by atoms with E-state index in [-0.39, 0.29) is 11.0 Å². The maximum absolute atomic E-state index is 10.8. The average Bonchev–Trinajstić information content (AvgIpc) is 2.16. The fraction of sp³-hybridized carbons (Fsp3) is 0.286. The van der Waals surface area contributed by atoms with E-state index in [9.17, 15) is 14.9 Å². The Balaban J connectivity index is 3.09. The monoisotopic (exact) mass is 245 g/mol. The highest BCUT2D eigenvalue weighted by Crippen LogP contribution is 2.28. The molecular weight excluding hydrogens is 238 g/mol. The molecule has 3 N–H and O–H groups in total. The number of nitrogens with zero attached hydrogens (tertiary/aromatic N) is 3. The molecule has 0 spiro atoms. The second-order valence-electron chi connectivity index (χ2n) is 2.89. The number of aromatic nitrogens is 2. The van der Waals surface area contributed by atoms with E-state index in [4.69, 9.17) is 17.3 Å². The van der Waals surface area contributed by atoms with Gasteiger partial charge in [0.2, 0.25) is 16.9 Å². The van der Waals surface area contributed by atoms with E-state index in [2.05, 4.69) is 15.3 Å². The zero-order chi connectivity index (χ0) is 12.3. The lowest BCUT2D eigenvalue weighted by Gasteiger charge is -2.10. The van der Waals surface area contributed by atoms with Gasteiger partial charge in [-0.05, 0) is 6.92 Å². The molecule has 0 aliphatic heterocycles. The third-order valence-corrected chi connectivity index (χ3v) is 2.02. The van der Waals surface area contributed by atoms with Gasteiger partial charge in [0.15, 0.2) is 0 Å². The predicted molar refractivity (Wildman–Crippen MR) is 56.0 cm³/mol. The van der Waals surface area contributed by atoms with E-state index < -0.39 is 22.6 Å². The van der Waals surface area contributed by atoms with Crippen LogP contribution in [0.3, 0.4) is 0 Å². The zero-order valence-electron chi connectivity index (χ0n) is 8.18. The number of carbonyl (C=O) groups excluding carboxylic acids is 1. The molecule has 1 aromatic heterocycles. The summed E-state index contributed by atoms with van der Waals surface area (Å²) in [5, 5.41) is 12.9. The lowest BCUT2D eigenvalue weighted by molar-refractivity contribution is -0.384. The fourth-order valence-corrected chi connectivity index (χ4v) is 1.10. The predicted octanol–water partition coefficient (Wildman–Crippen LogP) is 0.324. The van der Waals surface area contributed by atoms with Crippen LogP contribution >= 0.6 is 11.6 Å². The number of anilines is 1. The van der Waals surface area contributed by atoms with Crippen molar-refractivity contribution in [1.29, 1.82) is 0 Å². The summed E-state index contributed by atoms with van der Waals surface area (Å²) < 4.78 is 0. The van der Waals surface area contributed by atoms with Crippen LogP contribution in [0.5, 0.6) is 0 Å². The summed E-state index contributed by atoms with van der Waals surface area (Å²) in [6.07, 6.45) is 1.05. The molecule has 1 rings (SSSR count). The Labute approximate surface area is 95.0 Å². The molecule has 0 aliphatic carbocycles. The molecule has 1 aromatic rings. The second kappa shape index (κ2) is 4.71. The van der Waals surface area contributed by atoms with E-state index in [1.54, 1.807) is 0 Å². The van der Waals surface area contributed by atoms with E-state index in [0.29, 0.717) is 0 Å². The molecule has 0 bridgehead atoms. The maximum Gasteiger partial charge on any atom is 0.348 e. The molecule has 0 aromatic carbocycles. The third kappa shape index (κ3) is 2.54. The summed E-state index contributed by atoms with van der Waals surface area (Å²) in [5.41, 5.74) is 4.51. The molecule has 9 heteroatoms. The van der Waals surface area contributed by atoms with E-state index in [1.807, 2.05) is 0 Å². The van der Waals surface area contributed by atoms with Gasteiger partial charge in [-0.2, -0.15) is 0 Å². The van der Waals surface area contributed by atoms with Gasteiger partial charge >= 0.3 is 5.69 Å². The molecule has 1 heterocycles. The van der Waals surface area contributed by atoms with E-state index in [0.717, 1.165) is 6.33 Å². The molecule has 0 fully saturated rings. The first-order valence-electron chi connectivity index (χ1n) is 4.14. The number of nitro groups is 1. The minimum atomic E-state index is -0.801. The SMILES string of the molecule is CC(Nc1ncnc(Cl)c1[N+](=O)[O-])C(N)=O. The Bertz CT molecular complexity index is 438. The standard InChI is InChI=1S/C7H8ClN5O3/c1-3(6(9)14)12-7-4(13(15)16)5(8)10-2-11-7/h2-3H,1H3,(H2,9,14)(H,10,11,12). The molecule has 86 valence electrons. The van der Waals surface area contributed by atoms with Gasteiger partial charge in [-0.3, -0.25) is 14.9 Å². The number of nitrogens with two attached hydrogens (primary N) is 1. The molecule has 0 aliphatic rings. The quantitative estimate of drug-likeness (QED) is 0.447. The van der Waals surface area contributed by atoms with Crippen LogP contribution in [0.25, 0.3) is 0 Å². The first kappa shape index (κ1) is 12.1. The Hall–Kier alpha value is -1.96. The number of carbonyl (C=O) groups is 1. The third-order valence-electron chi connectivity index (χ3n) is 1.74. The summed E-state index contributed by atoms with van der Waals surface area (Å²) in [6, 6.07) is -0.801. The van der Waals surface area contributed by atoms with Crippen molar-refractivity contribution in [2.45, 2.75) is 13.0 Å². The van der Waals surface area contributed by atoms with Crippen molar-refractivity contribution in [1.82, 2.24) is 9.97 Å². The first-order valence-corrected chi connectivity index (χ1v) is 4.52. The van der Waals surface area contributed by atoms with Gasteiger partial charge in [-0.25, -0.2) is 9.97 Å². The van der Waals surface area contributed by atoms with Gasteiger partial charge in [0, 0.05) is 0 Å². The van der Waals surface area contributed by atoms with E-state index in [1.165, 1.54) is 6.92 Å². The number of nitrogens with one attached hydrogen (secondary N) is 1. The summed E-state index contributed by atoms with van der Waals surface area (Å²) >= 11 is 5.54. The lowest BCUT2D eigenvalue weighted by atomic mass is 10.3. The van der Waals surface area contributed by atoms with Crippen LogP contribution < -0.4 is 11.1 Å². The Morgan fingerprint density at radius 3 is 2.81 bits per heavy atom. The Kier molecular flexibility index (Phi) is 3.56. The minimum absolute atomic E-state index is 0.142. The highest BCUT2D eigenvalue weighted by Gasteiger charge is 2.23. The van der Waals surface area contributed by atoms with Crippen LogP contribution in [0.2, 0.25) is 5.15 Å². The number of rotatable bonds is 4. The van der Waals surface area contributed by atoms with Gasteiger partial charge in [0.25, 0.3) is 0 Å². The van der Waals surface area contributed by atoms with Crippen molar-refractivity contribution in [3.8, 4) is 0 Å². The van der Waals surface area contributed by atoms with Gasteiger partial charge in [0.05, 0.1) is 4.92 Å². The highest BCUT2D eigenvalue weighted by molar-refractivity contribution is 6.31. The lowest BCUT2D eigenvalue weighted by Crippen LogP contribution is -2.33. The maximum atomic E-state index is 10.8. The van der Waals surface area contributed by atoms with Crippen LogP contribution in [0, 0.1) is 10.1 Å². The van der Waals surface area contributed by atoms with Gasteiger partial charge in [0.1, 0.15) is 12.4 Å². The van der Waals surface area contributed by atoms with Gasteiger partial charge in [-0.1, -0.05) is 11.6 Å². The summed E-state index contributed by atoms with van der Waals surface area (Å²) in [5.74, 6) is -0.805. The van der Waals surface area contributed by atoms with Crippen molar-refractivity contribution in [3.05, 3.63) is 21.6 Å². The Morgan fingerprint density at radius 2 is 2.31 bits per heavy atom. The molecule has 8 nitrogen and oxygen atoms in total. The normalized spacial score (nSPS) is 11.9. The van der Waals surface area contributed by atoms with Crippen LogP contribution in [0.15, 0.2) is 6.33 Å². The molecule has 1 amide bonds. The van der Waals surface area contributed by atoms with Crippen molar-refractivity contribution in [2.24, 2.45) is 5.73 Å². The van der Waals surface area contributed by atoms with Gasteiger partial charge < -0.3 is 11.1 Å². The van der Waals surface area contributed by atoms with Crippen LogP contribution in [-0.4, -0.2) is 26.8 Å². The summed E-state index contributed by atoms with van der Waals surface area (Å²) in [4.78, 5) is 27.8. The van der Waals surface area contributed by atoms with Crippen molar-refractivity contribution in [3.63, 3.8) is 0 Å². The molecule has 16 heavy (non-hydrogen) atoms. The number of amides is 1. The summed E-state index contributed by atoms with van der Waals surface area (Å²) in [6.45, 7) is 1.45. The topological polar surface area (TPSA) is 124 Å². The largest absolute Gasteiger partial charge is 0.368 e. The average molecular weight is 246 g/mol. The van der Waals surface area contributed by atoms with Crippen LogP contribution in [0.1, 0.15) is 6.92 Å². The second-order valence-corrected chi connectivity index (χ2v) is 3.25. The first-order chi connectivity index (χ1) is 7.43. The molecule has 1 atom stereocenters. The number of halogens is 1. The van der Waals surface area contributed by atoms with E-state index >= 15 is 0 Å². The molecule has 0 radical (unpaired) electrons. The molecule has 0 saturated heterocycles. The van der Waals surface area contributed by atoms with Crippen molar-refractivity contribution < 1.29 is 9.72 Å². The Morgan fingerprint density at radius 1 is 1.69 bits per heavy atom. The van der Waals surface area contributed by atoms with Crippen LogP contribution in [0.4, 0.5) is 11.5 Å². The van der Waals surface area contributed by atoms with Gasteiger partial charge in [-0.15, -0.1) is 0 Å². The zero-order valence-corrected chi connectivity index (χ0v) is 8.93. The highest BCUT2D eigenvalue weighted by atomic mass is 35.5. The van der Waals surface area contributed by atoms with Crippen molar-refractivity contribution in [2.75, 3.05) is 5.32 Å². The fourth-order valence-electron chi connectivity index (χ4n) is 0.901. The van der Waals surface area contributed by atoms with Crippen molar-refractivity contribution >= 4 is 29.0 Å². The number of hydrogen-bond donors (Lipinski definition) is 2.